The van der Waals surface area contributed by atoms with Crippen molar-refractivity contribution in [2.24, 2.45) is 4.99 Å². The first kappa shape index (κ1) is 28.8. The number of hydrogen-bond acceptors (Lipinski definition) is 5. The number of allylic oxidation sites excluding steroid dienone is 1. The second-order valence-corrected chi connectivity index (χ2v) is 7.95. The van der Waals surface area contributed by atoms with Gasteiger partial charge in [0.2, 0.25) is 5.96 Å². The number of aliphatic imine (C=N–C) groups is 1. The van der Waals surface area contributed by atoms with Crippen molar-refractivity contribution in [1.29, 1.82) is 0 Å². The number of benzene rings is 1. The minimum atomic E-state index is -1.04. The van der Waals surface area contributed by atoms with Gasteiger partial charge in [-0.2, -0.15) is 0 Å². The molecule has 1 aromatic carbocycles. The summed E-state index contributed by atoms with van der Waals surface area (Å²) in [6, 6.07) is 6.33. The second kappa shape index (κ2) is 13.2. The van der Waals surface area contributed by atoms with Gasteiger partial charge in [0.05, 0.1) is 12.1 Å². The molecule has 1 atom stereocenters. The van der Waals surface area contributed by atoms with Crippen LogP contribution in [-0.2, 0) is 11.3 Å². The molecule has 1 unspecified atom stereocenters. The Morgan fingerprint density at radius 2 is 1.97 bits per heavy atom. The van der Waals surface area contributed by atoms with Crippen molar-refractivity contribution in [2.75, 3.05) is 6.61 Å². The summed E-state index contributed by atoms with van der Waals surface area (Å²) in [5.74, 6) is -0.952. The number of amides is 1. The van der Waals surface area contributed by atoms with Crippen molar-refractivity contribution >= 4 is 18.0 Å². The number of carbonyl (C=O) groups excluding carboxylic acids is 1. The summed E-state index contributed by atoms with van der Waals surface area (Å²) in [5, 5.41) is 26.4. The quantitative estimate of drug-likeness (QED) is 0.214. The zero-order valence-corrected chi connectivity index (χ0v) is 21.6. The predicted molar refractivity (Wildman–Crippen MR) is 110 cm³/mol. The van der Waals surface area contributed by atoms with Crippen LogP contribution in [0.25, 0.3) is 0 Å². The number of carboxylic acids is 1. The first-order valence-electron chi connectivity index (χ1n) is 9.32. The SMILES string of the molecule is C=CCCC(C)(C[O-])NC(=NCc1cccc(C(=O)O)c1)NC(=O)OC(C)(C)C.[K+]. The van der Waals surface area contributed by atoms with Gasteiger partial charge in [0.15, 0.2) is 0 Å². The molecule has 0 aliphatic rings. The van der Waals surface area contributed by atoms with E-state index in [1.807, 2.05) is 0 Å². The fourth-order valence-electron chi connectivity index (χ4n) is 2.36. The van der Waals surface area contributed by atoms with E-state index in [9.17, 15) is 14.7 Å². The third-order valence-corrected chi connectivity index (χ3v) is 3.85. The zero-order chi connectivity index (χ0) is 22.1. The molecule has 3 N–H and O–H groups in total. The average Bonchev–Trinajstić information content (AvgIpc) is 2.63. The second-order valence-electron chi connectivity index (χ2n) is 7.95. The largest absolute Gasteiger partial charge is 1.00 e. The topological polar surface area (TPSA) is 123 Å². The number of nitrogens with zero attached hydrogens (tertiary/aromatic N) is 1. The number of hydrogen-bond donors (Lipinski definition) is 3. The summed E-state index contributed by atoms with van der Waals surface area (Å²) in [6.07, 6.45) is 2.13. The molecule has 1 rings (SSSR count). The van der Waals surface area contributed by atoms with Gasteiger partial charge in [-0.25, -0.2) is 14.6 Å². The summed E-state index contributed by atoms with van der Waals surface area (Å²) in [6.45, 7) is 10.3. The Labute approximate surface area is 220 Å². The Balaban J connectivity index is 0.00000841. The van der Waals surface area contributed by atoms with Gasteiger partial charge >= 0.3 is 63.4 Å². The van der Waals surface area contributed by atoms with Gasteiger partial charge in [-0.05, 0) is 58.2 Å². The molecule has 1 amide bonds. The summed E-state index contributed by atoms with van der Waals surface area (Å²) in [7, 11) is 0. The summed E-state index contributed by atoms with van der Waals surface area (Å²) >= 11 is 0. The molecular formula is C21H30KN3O5. The number of alkyl carbamates (subject to hydrolysis) is 1. The summed E-state index contributed by atoms with van der Waals surface area (Å²) in [4.78, 5) is 27.7. The smallest absolute Gasteiger partial charge is 0.853 e. The Morgan fingerprint density at radius 1 is 1.30 bits per heavy atom. The fraction of sp³-hybridized carbons (Fsp3) is 0.476. The van der Waals surface area contributed by atoms with Crippen LogP contribution in [0.15, 0.2) is 41.9 Å². The van der Waals surface area contributed by atoms with Crippen LogP contribution in [0.2, 0.25) is 0 Å². The number of carboxylic acid groups (broad SMARTS) is 1. The van der Waals surface area contributed by atoms with E-state index in [-0.39, 0.29) is 69.5 Å². The number of carbonyl (C=O) groups is 2. The Hall–Kier alpha value is -1.23. The van der Waals surface area contributed by atoms with Crippen molar-refractivity contribution in [3.05, 3.63) is 48.0 Å². The van der Waals surface area contributed by atoms with E-state index in [0.717, 1.165) is 0 Å². The Kier molecular flexibility index (Phi) is 12.7. The molecule has 0 radical (unpaired) electrons. The van der Waals surface area contributed by atoms with Gasteiger partial charge in [0.25, 0.3) is 0 Å². The fourth-order valence-corrected chi connectivity index (χ4v) is 2.36. The van der Waals surface area contributed by atoms with E-state index in [1.54, 1.807) is 45.9 Å². The van der Waals surface area contributed by atoms with Crippen LogP contribution in [0.1, 0.15) is 56.5 Å². The monoisotopic (exact) mass is 443 g/mol. The first-order valence-corrected chi connectivity index (χ1v) is 9.32. The van der Waals surface area contributed by atoms with Crippen LogP contribution in [-0.4, -0.2) is 40.9 Å². The predicted octanol–water partition coefficient (Wildman–Crippen LogP) is -0.556. The van der Waals surface area contributed by atoms with Gasteiger partial charge in [-0.1, -0.05) is 18.2 Å². The van der Waals surface area contributed by atoms with E-state index >= 15 is 0 Å². The average molecular weight is 444 g/mol. The van der Waals surface area contributed by atoms with E-state index < -0.39 is 29.8 Å². The summed E-state index contributed by atoms with van der Waals surface area (Å²) < 4.78 is 5.26. The first-order chi connectivity index (χ1) is 13.5. The molecule has 1 aromatic rings. The van der Waals surface area contributed by atoms with Crippen LogP contribution >= 0.6 is 0 Å². The normalized spacial score (nSPS) is 13.4. The van der Waals surface area contributed by atoms with Crippen LogP contribution < -0.4 is 67.1 Å². The van der Waals surface area contributed by atoms with Crippen LogP contribution in [0, 0.1) is 0 Å². The molecule has 0 aliphatic heterocycles. The third-order valence-electron chi connectivity index (χ3n) is 3.85. The maximum atomic E-state index is 12.2. The molecular weight excluding hydrogens is 413 g/mol. The van der Waals surface area contributed by atoms with E-state index in [0.29, 0.717) is 18.4 Å². The van der Waals surface area contributed by atoms with Crippen molar-refractivity contribution in [2.45, 2.75) is 58.2 Å². The molecule has 0 saturated heterocycles. The molecule has 8 nitrogen and oxygen atoms in total. The number of rotatable bonds is 8. The van der Waals surface area contributed by atoms with Crippen molar-refractivity contribution < 1.29 is 75.9 Å². The maximum absolute atomic E-state index is 12.2. The van der Waals surface area contributed by atoms with Crippen LogP contribution in [0.4, 0.5) is 4.79 Å². The Morgan fingerprint density at radius 3 is 2.50 bits per heavy atom. The van der Waals surface area contributed by atoms with Crippen molar-refractivity contribution in [3.8, 4) is 0 Å². The molecule has 0 fully saturated rings. The van der Waals surface area contributed by atoms with Gasteiger partial charge in [-0.15, -0.1) is 13.2 Å². The van der Waals surface area contributed by atoms with Crippen LogP contribution in [0.3, 0.4) is 0 Å². The van der Waals surface area contributed by atoms with Gasteiger partial charge in [-0.3, -0.25) is 5.32 Å². The van der Waals surface area contributed by atoms with Crippen molar-refractivity contribution in [3.63, 3.8) is 0 Å². The molecule has 0 aliphatic carbocycles. The van der Waals surface area contributed by atoms with Crippen molar-refractivity contribution in [1.82, 2.24) is 10.6 Å². The molecule has 0 heterocycles. The minimum absolute atomic E-state index is 0. The van der Waals surface area contributed by atoms with E-state index in [4.69, 9.17) is 9.84 Å². The number of nitrogens with one attached hydrogen (secondary N) is 2. The maximum Gasteiger partial charge on any atom is 1.00 e. The van der Waals surface area contributed by atoms with Crippen LogP contribution in [0.5, 0.6) is 0 Å². The molecule has 0 saturated carbocycles. The Bertz CT molecular complexity index is 761. The van der Waals surface area contributed by atoms with E-state index in [1.165, 1.54) is 12.1 Å². The molecule has 160 valence electrons. The third kappa shape index (κ3) is 11.2. The summed E-state index contributed by atoms with van der Waals surface area (Å²) in [5.41, 5.74) is -0.770. The molecule has 0 bridgehead atoms. The van der Waals surface area contributed by atoms with Gasteiger partial charge < -0.3 is 20.3 Å². The standard InChI is InChI=1S/C21H30N3O5.K/c1-6-7-11-21(5,14-25)24-18(23-19(28)29-20(2,3)4)22-13-15-9-8-10-16(12-15)17(26)27;/h6,8-10,12H,1,7,11,13-14H2,2-5H3,(H,26,27)(H2,22,23,24,28);/q-1;+1. The molecule has 9 heteroatoms. The zero-order valence-electron chi connectivity index (χ0n) is 18.4. The van der Waals surface area contributed by atoms with Gasteiger partial charge in [0.1, 0.15) is 5.60 Å². The number of ether oxygens (including phenoxy) is 1. The minimum Gasteiger partial charge on any atom is -0.853 e. The number of aromatic carboxylic acids is 1. The molecule has 30 heavy (non-hydrogen) atoms. The molecule has 0 aromatic heterocycles. The number of guanidine groups is 1. The van der Waals surface area contributed by atoms with Gasteiger partial charge in [0, 0.05) is 5.54 Å². The molecule has 0 spiro atoms. The van der Waals surface area contributed by atoms with E-state index in [2.05, 4.69) is 22.2 Å².